The Morgan fingerprint density at radius 2 is 2.54 bits per heavy atom. The van der Waals surface area contributed by atoms with Crippen molar-refractivity contribution in [2.24, 2.45) is 5.16 Å². The van der Waals surface area contributed by atoms with Crippen LogP contribution in [0.4, 0.5) is 0 Å². The summed E-state index contributed by atoms with van der Waals surface area (Å²) in [6.07, 6.45) is 0. The van der Waals surface area contributed by atoms with E-state index in [4.69, 9.17) is 16.7 Å². The van der Waals surface area contributed by atoms with Crippen LogP contribution in [0.15, 0.2) is 15.7 Å². The third-order valence-corrected chi connectivity index (χ3v) is 1.28. The molecule has 0 aromatic carbocycles. The summed E-state index contributed by atoms with van der Waals surface area (Å²) in [6.45, 7) is 0. The average molecular weight is 205 g/mol. The first-order valence-electron chi connectivity index (χ1n) is 3.12. The Morgan fingerprint density at radius 3 is 2.92 bits per heavy atom. The number of hydrogen-bond acceptors (Lipinski definition) is 5. The van der Waals surface area contributed by atoms with Gasteiger partial charge in [0, 0.05) is 6.07 Å². The third-order valence-electron chi connectivity index (χ3n) is 1.10. The van der Waals surface area contributed by atoms with Gasteiger partial charge in [-0.1, -0.05) is 21.9 Å². The van der Waals surface area contributed by atoms with Crippen LogP contribution in [0.1, 0.15) is 5.76 Å². The Bertz CT molecular complexity index is 346. The number of carboxylic acid groups (broad SMARTS) is 1. The van der Waals surface area contributed by atoms with Crippen LogP contribution in [-0.2, 0) is 9.63 Å². The van der Waals surface area contributed by atoms with Gasteiger partial charge in [-0.25, -0.2) is 4.79 Å². The minimum Gasteiger partial charge on any atom is -0.476 e. The summed E-state index contributed by atoms with van der Waals surface area (Å²) in [4.78, 5) is 14.9. The van der Waals surface area contributed by atoms with Crippen molar-refractivity contribution in [2.75, 3.05) is 7.11 Å². The van der Waals surface area contributed by atoms with Crippen LogP contribution in [-0.4, -0.2) is 29.1 Å². The minimum atomic E-state index is -1.28. The number of oxime groups is 1. The fraction of sp³-hybridized carbons (Fsp3) is 0.167. The molecule has 70 valence electrons. The molecule has 1 N–H and O–H groups in total. The van der Waals surface area contributed by atoms with E-state index < -0.39 is 5.97 Å². The van der Waals surface area contributed by atoms with Crippen LogP contribution >= 0.6 is 11.6 Å². The van der Waals surface area contributed by atoms with Crippen LogP contribution in [0.3, 0.4) is 0 Å². The van der Waals surface area contributed by atoms with Gasteiger partial charge in [0.2, 0.25) is 5.71 Å². The third kappa shape index (κ3) is 2.19. The minimum absolute atomic E-state index is 0.0556. The highest BCUT2D eigenvalue weighted by molar-refractivity contribution is 6.42. The molecule has 0 saturated carbocycles. The van der Waals surface area contributed by atoms with Crippen molar-refractivity contribution in [3.05, 3.63) is 17.0 Å². The van der Waals surface area contributed by atoms with Crippen molar-refractivity contribution < 1.29 is 19.3 Å². The molecular formula is C6H5ClN2O4. The molecule has 0 atom stereocenters. The molecular weight excluding hydrogens is 200 g/mol. The zero-order valence-electron chi connectivity index (χ0n) is 6.52. The molecule has 0 aliphatic carbocycles. The summed E-state index contributed by atoms with van der Waals surface area (Å²) in [5, 5.41) is 15.2. The fourth-order valence-electron chi connectivity index (χ4n) is 0.646. The number of rotatable bonds is 3. The number of carbonyl (C=O) groups is 1. The second-order valence-corrected chi connectivity index (χ2v) is 2.33. The highest BCUT2D eigenvalue weighted by Gasteiger charge is 2.18. The Kier molecular flexibility index (Phi) is 2.86. The maximum absolute atomic E-state index is 10.6. The van der Waals surface area contributed by atoms with Crippen LogP contribution < -0.4 is 0 Å². The molecule has 0 amide bonds. The first-order valence-corrected chi connectivity index (χ1v) is 3.50. The molecule has 0 aliphatic rings. The summed E-state index contributed by atoms with van der Waals surface area (Å²) in [5.41, 5.74) is -0.387. The van der Waals surface area contributed by atoms with E-state index in [2.05, 4.69) is 19.7 Å². The molecule has 1 heterocycles. The van der Waals surface area contributed by atoms with Crippen LogP contribution in [0, 0.1) is 0 Å². The zero-order chi connectivity index (χ0) is 9.84. The van der Waals surface area contributed by atoms with Crippen molar-refractivity contribution >= 4 is 23.3 Å². The van der Waals surface area contributed by atoms with Crippen molar-refractivity contribution in [2.45, 2.75) is 0 Å². The zero-order valence-corrected chi connectivity index (χ0v) is 7.28. The summed E-state index contributed by atoms with van der Waals surface area (Å²) < 4.78 is 4.57. The molecule has 0 spiro atoms. The molecule has 6 nitrogen and oxygen atoms in total. The maximum Gasteiger partial charge on any atom is 0.362 e. The van der Waals surface area contributed by atoms with Crippen molar-refractivity contribution in [1.82, 2.24) is 5.16 Å². The maximum atomic E-state index is 10.6. The number of carboxylic acids is 1. The molecule has 1 aromatic heterocycles. The molecule has 0 saturated heterocycles. The summed E-state index contributed by atoms with van der Waals surface area (Å²) in [7, 11) is 1.22. The van der Waals surface area contributed by atoms with Gasteiger partial charge in [-0.3, -0.25) is 0 Å². The molecule has 7 heteroatoms. The van der Waals surface area contributed by atoms with Gasteiger partial charge >= 0.3 is 5.97 Å². The molecule has 1 rings (SSSR count). The lowest BCUT2D eigenvalue weighted by atomic mass is 10.3. The fourth-order valence-corrected chi connectivity index (χ4v) is 0.780. The lowest BCUT2D eigenvalue weighted by Crippen LogP contribution is -2.13. The van der Waals surface area contributed by atoms with Gasteiger partial charge in [0.05, 0.1) is 0 Å². The van der Waals surface area contributed by atoms with Gasteiger partial charge in [-0.15, -0.1) is 0 Å². The number of aromatic nitrogens is 1. The van der Waals surface area contributed by atoms with E-state index in [-0.39, 0.29) is 16.6 Å². The predicted molar refractivity (Wildman–Crippen MR) is 42.7 cm³/mol. The van der Waals surface area contributed by atoms with Crippen molar-refractivity contribution in [3.63, 3.8) is 0 Å². The molecule has 0 bridgehead atoms. The number of hydrogen-bond donors (Lipinski definition) is 1. The quantitative estimate of drug-likeness (QED) is 0.580. The SMILES string of the molecule is CO/N=C(/C(=O)O)c1cc(Cl)no1. The van der Waals surface area contributed by atoms with Gasteiger partial charge in [-0.05, 0) is 0 Å². The predicted octanol–water partition coefficient (Wildman–Crippen LogP) is 0.763. The smallest absolute Gasteiger partial charge is 0.362 e. The standard InChI is InChI=1S/C6H5ClN2O4/c1-12-9-5(6(10)11)3-2-4(7)8-13-3/h2H,1H3,(H,10,11)/b9-5+. The molecule has 13 heavy (non-hydrogen) atoms. The van der Waals surface area contributed by atoms with Gasteiger partial charge in [0.1, 0.15) is 7.11 Å². The number of aliphatic carboxylic acids is 1. The van der Waals surface area contributed by atoms with Crippen molar-refractivity contribution in [1.29, 1.82) is 0 Å². The number of halogens is 1. The van der Waals surface area contributed by atoms with Gasteiger partial charge in [-0.2, -0.15) is 0 Å². The second-order valence-electron chi connectivity index (χ2n) is 1.94. The summed E-state index contributed by atoms with van der Waals surface area (Å²) >= 11 is 5.42. The van der Waals surface area contributed by atoms with E-state index in [0.717, 1.165) is 0 Å². The Morgan fingerprint density at radius 1 is 1.85 bits per heavy atom. The topological polar surface area (TPSA) is 84.9 Å². The number of nitrogens with zero attached hydrogens (tertiary/aromatic N) is 2. The van der Waals surface area contributed by atoms with E-state index in [1.807, 2.05) is 0 Å². The molecule has 0 fully saturated rings. The van der Waals surface area contributed by atoms with Gasteiger partial charge in [0.25, 0.3) is 0 Å². The normalized spacial score (nSPS) is 11.4. The van der Waals surface area contributed by atoms with Gasteiger partial charge in [0.15, 0.2) is 10.9 Å². The van der Waals surface area contributed by atoms with Crippen LogP contribution in [0.25, 0.3) is 0 Å². The van der Waals surface area contributed by atoms with E-state index in [1.165, 1.54) is 13.2 Å². The molecule has 0 unspecified atom stereocenters. The first kappa shape index (κ1) is 9.53. The van der Waals surface area contributed by atoms with Crippen molar-refractivity contribution in [3.8, 4) is 0 Å². The molecule has 0 aliphatic heterocycles. The van der Waals surface area contributed by atoms with E-state index in [9.17, 15) is 4.79 Å². The van der Waals surface area contributed by atoms with E-state index in [0.29, 0.717) is 0 Å². The summed E-state index contributed by atoms with van der Waals surface area (Å²) in [5.74, 6) is -1.34. The Balaban J connectivity index is 3.02. The van der Waals surface area contributed by atoms with E-state index in [1.54, 1.807) is 0 Å². The lowest BCUT2D eigenvalue weighted by Gasteiger charge is -1.92. The first-order chi connectivity index (χ1) is 6.15. The summed E-state index contributed by atoms with van der Waals surface area (Å²) in [6, 6.07) is 1.23. The van der Waals surface area contributed by atoms with E-state index >= 15 is 0 Å². The van der Waals surface area contributed by atoms with Crippen LogP contribution in [0.5, 0.6) is 0 Å². The average Bonchev–Trinajstić information content (AvgIpc) is 2.46. The largest absolute Gasteiger partial charge is 0.476 e. The highest BCUT2D eigenvalue weighted by Crippen LogP contribution is 2.10. The Labute approximate surface area is 77.7 Å². The molecule has 0 radical (unpaired) electrons. The van der Waals surface area contributed by atoms with Crippen LogP contribution in [0.2, 0.25) is 5.15 Å². The lowest BCUT2D eigenvalue weighted by molar-refractivity contribution is -0.129. The Hall–Kier alpha value is -1.56. The van der Waals surface area contributed by atoms with Gasteiger partial charge < -0.3 is 14.5 Å². The monoisotopic (exact) mass is 204 g/mol. The second kappa shape index (κ2) is 3.90. The highest BCUT2D eigenvalue weighted by atomic mass is 35.5. The molecule has 1 aromatic rings.